The fraction of sp³-hybridized carbons (Fsp3) is 0.357. The standard InChI is InChI=1S/C14H16Cl2N2O/c1-2-3-4-5-12-13(14(17)19-18-12)9-6-7-10(15)11(16)8-9/h6-8H,2-5,17H2,1H3. The summed E-state index contributed by atoms with van der Waals surface area (Å²) in [5.41, 5.74) is 8.46. The van der Waals surface area contributed by atoms with Crippen molar-refractivity contribution >= 4 is 29.1 Å². The molecule has 1 aromatic heterocycles. The predicted molar refractivity (Wildman–Crippen MR) is 79.6 cm³/mol. The van der Waals surface area contributed by atoms with E-state index in [1.165, 1.54) is 0 Å². The first kappa shape index (κ1) is 14.2. The SMILES string of the molecule is CCCCCc1noc(N)c1-c1ccc(Cl)c(Cl)c1. The Bertz CT molecular complexity index is 567. The molecule has 0 atom stereocenters. The maximum Gasteiger partial charge on any atom is 0.230 e. The molecule has 2 aromatic rings. The van der Waals surface area contributed by atoms with E-state index >= 15 is 0 Å². The lowest BCUT2D eigenvalue weighted by Gasteiger charge is -2.04. The maximum absolute atomic E-state index is 6.04. The lowest BCUT2D eigenvalue weighted by molar-refractivity contribution is 0.426. The van der Waals surface area contributed by atoms with E-state index in [9.17, 15) is 0 Å². The molecule has 1 heterocycles. The number of aromatic nitrogens is 1. The summed E-state index contributed by atoms with van der Waals surface area (Å²) in [6.07, 6.45) is 4.24. The number of nitrogens with two attached hydrogens (primary N) is 1. The van der Waals surface area contributed by atoms with E-state index in [4.69, 9.17) is 33.5 Å². The summed E-state index contributed by atoms with van der Waals surface area (Å²) in [6, 6.07) is 5.41. The fourth-order valence-electron chi connectivity index (χ4n) is 2.01. The summed E-state index contributed by atoms with van der Waals surface area (Å²) in [5, 5.41) is 5.06. The lowest BCUT2D eigenvalue weighted by atomic mass is 10.0. The van der Waals surface area contributed by atoms with Crippen LogP contribution in [-0.2, 0) is 6.42 Å². The summed E-state index contributed by atoms with van der Waals surface area (Å²) in [5.74, 6) is 0.324. The third kappa shape index (κ3) is 3.23. The van der Waals surface area contributed by atoms with Gasteiger partial charge in [0.1, 0.15) is 0 Å². The molecule has 19 heavy (non-hydrogen) atoms. The minimum atomic E-state index is 0.324. The van der Waals surface area contributed by atoms with Gasteiger partial charge in [-0.3, -0.25) is 0 Å². The van der Waals surface area contributed by atoms with Gasteiger partial charge >= 0.3 is 0 Å². The largest absolute Gasteiger partial charge is 0.367 e. The molecule has 3 nitrogen and oxygen atoms in total. The van der Waals surface area contributed by atoms with E-state index in [-0.39, 0.29) is 0 Å². The number of nitrogens with zero attached hydrogens (tertiary/aromatic N) is 1. The van der Waals surface area contributed by atoms with Gasteiger partial charge in [0, 0.05) is 0 Å². The van der Waals surface area contributed by atoms with Crippen LogP contribution in [0.25, 0.3) is 11.1 Å². The van der Waals surface area contributed by atoms with E-state index in [0.717, 1.165) is 42.5 Å². The first-order chi connectivity index (χ1) is 9.13. The molecule has 0 saturated carbocycles. The summed E-state index contributed by atoms with van der Waals surface area (Å²) in [4.78, 5) is 0. The predicted octanol–water partition coefficient (Wildman–Crippen LogP) is 4.96. The molecule has 0 radical (unpaired) electrons. The second-order valence-corrected chi connectivity index (χ2v) is 5.27. The Kier molecular flexibility index (Phi) is 4.72. The van der Waals surface area contributed by atoms with Crippen molar-refractivity contribution in [2.75, 3.05) is 5.73 Å². The van der Waals surface area contributed by atoms with Crippen LogP contribution < -0.4 is 5.73 Å². The van der Waals surface area contributed by atoms with Crippen LogP contribution in [0.5, 0.6) is 0 Å². The summed E-state index contributed by atoms with van der Waals surface area (Å²) >= 11 is 12.0. The molecule has 0 unspecified atom stereocenters. The van der Waals surface area contributed by atoms with Gasteiger partial charge in [0.05, 0.1) is 21.3 Å². The zero-order valence-electron chi connectivity index (χ0n) is 10.7. The third-order valence-corrected chi connectivity index (χ3v) is 3.75. The van der Waals surface area contributed by atoms with Gasteiger partial charge in [-0.15, -0.1) is 0 Å². The summed E-state index contributed by atoms with van der Waals surface area (Å²) < 4.78 is 5.10. The number of aryl methyl sites for hydroxylation is 1. The van der Waals surface area contributed by atoms with Crippen molar-refractivity contribution in [3.8, 4) is 11.1 Å². The average molecular weight is 299 g/mol. The monoisotopic (exact) mass is 298 g/mol. The number of benzene rings is 1. The van der Waals surface area contributed by atoms with Crippen LogP contribution in [0.4, 0.5) is 5.88 Å². The van der Waals surface area contributed by atoms with Gasteiger partial charge in [-0.2, -0.15) is 0 Å². The Morgan fingerprint density at radius 3 is 2.68 bits per heavy atom. The molecule has 2 N–H and O–H groups in total. The van der Waals surface area contributed by atoms with Gasteiger partial charge in [-0.1, -0.05) is 54.2 Å². The molecule has 0 amide bonds. The van der Waals surface area contributed by atoms with Crippen LogP contribution in [0.3, 0.4) is 0 Å². The minimum Gasteiger partial charge on any atom is -0.367 e. The van der Waals surface area contributed by atoms with Gasteiger partial charge in [0.25, 0.3) is 0 Å². The number of hydrogen-bond acceptors (Lipinski definition) is 3. The Hall–Kier alpha value is -1.19. The highest BCUT2D eigenvalue weighted by Crippen LogP contribution is 2.34. The second-order valence-electron chi connectivity index (χ2n) is 4.45. The highest BCUT2D eigenvalue weighted by Gasteiger charge is 2.16. The lowest BCUT2D eigenvalue weighted by Crippen LogP contribution is -1.92. The van der Waals surface area contributed by atoms with Gasteiger partial charge in [0.15, 0.2) is 0 Å². The number of nitrogen functional groups attached to an aromatic ring is 1. The summed E-state index contributed by atoms with van der Waals surface area (Å²) in [7, 11) is 0. The maximum atomic E-state index is 6.04. The van der Waals surface area contributed by atoms with Gasteiger partial charge < -0.3 is 10.3 Å². The van der Waals surface area contributed by atoms with Crippen molar-refractivity contribution in [1.29, 1.82) is 0 Å². The van der Waals surface area contributed by atoms with E-state index in [1.54, 1.807) is 12.1 Å². The highest BCUT2D eigenvalue weighted by molar-refractivity contribution is 6.42. The number of anilines is 1. The zero-order chi connectivity index (χ0) is 13.8. The molecule has 5 heteroatoms. The number of hydrogen-bond donors (Lipinski definition) is 1. The molecular formula is C14H16Cl2N2O. The van der Waals surface area contributed by atoms with Crippen molar-refractivity contribution in [1.82, 2.24) is 5.16 Å². The molecule has 0 bridgehead atoms. The first-order valence-corrected chi connectivity index (χ1v) is 7.08. The van der Waals surface area contributed by atoms with Gasteiger partial charge in [-0.25, -0.2) is 0 Å². The number of unbranched alkanes of at least 4 members (excludes halogenated alkanes) is 2. The van der Waals surface area contributed by atoms with Crippen molar-refractivity contribution < 1.29 is 4.52 Å². The third-order valence-electron chi connectivity index (χ3n) is 3.01. The van der Waals surface area contributed by atoms with E-state index < -0.39 is 0 Å². The molecule has 2 rings (SSSR count). The summed E-state index contributed by atoms with van der Waals surface area (Å²) in [6.45, 7) is 2.16. The van der Waals surface area contributed by atoms with Crippen LogP contribution in [0.1, 0.15) is 31.9 Å². The Morgan fingerprint density at radius 2 is 2.00 bits per heavy atom. The van der Waals surface area contributed by atoms with Crippen molar-refractivity contribution in [2.24, 2.45) is 0 Å². The van der Waals surface area contributed by atoms with E-state index in [1.807, 2.05) is 6.07 Å². The quantitative estimate of drug-likeness (QED) is 0.793. The molecule has 102 valence electrons. The van der Waals surface area contributed by atoms with Crippen LogP contribution >= 0.6 is 23.2 Å². The highest BCUT2D eigenvalue weighted by atomic mass is 35.5. The Morgan fingerprint density at radius 1 is 1.21 bits per heavy atom. The first-order valence-electron chi connectivity index (χ1n) is 6.33. The molecule has 0 aliphatic rings. The topological polar surface area (TPSA) is 52.0 Å². The molecular weight excluding hydrogens is 283 g/mol. The number of rotatable bonds is 5. The molecule has 0 spiro atoms. The molecule has 0 fully saturated rings. The zero-order valence-corrected chi connectivity index (χ0v) is 12.3. The minimum absolute atomic E-state index is 0.324. The normalized spacial score (nSPS) is 10.9. The van der Waals surface area contributed by atoms with Crippen molar-refractivity contribution in [2.45, 2.75) is 32.6 Å². The Labute approximate surface area is 122 Å². The van der Waals surface area contributed by atoms with Gasteiger partial charge in [-0.05, 0) is 30.5 Å². The second kappa shape index (κ2) is 6.31. The van der Waals surface area contributed by atoms with E-state index in [0.29, 0.717) is 15.9 Å². The average Bonchev–Trinajstić information content (AvgIpc) is 2.75. The van der Waals surface area contributed by atoms with E-state index in [2.05, 4.69) is 12.1 Å². The van der Waals surface area contributed by atoms with Crippen LogP contribution in [0, 0.1) is 0 Å². The molecule has 0 aliphatic carbocycles. The molecule has 0 saturated heterocycles. The van der Waals surface area contributed by atoms with Crippen molar-refractivity contribution in [3.05, 3.63) is 33.9 Å². The Balaban J connectivity index is 2.32. The van der Waals surface area contributed by atoms with Crippen LogP contribution in [0.15, 0.2) is 22.7 Å². The van der Waals surface area contributed by atoms with Crippen LogP contribution in [-0.4, -0.2) is 5.16 Å². The molecule has 1 aromatic carbocycles. The van der Waals surface area contributed by atoms with Crippen LogP contribution in [0.2, 0.25) is 10.0 Å². The molecule has 0 aliphatic heterocycles. The van der Waals surface area contributed by atoms with Crippen molar-refractivity contribution in [3.63, 3.8) is 0 Å². The number of halogens is 2. The fourth-order valence-corrected chi connectivity index (χ4v) is 2.31. The van der Waals surface area contributed by atoms with Gasteiger partial charge in [0.2, 0.25) is 5.88 Å². The smallest absolute Gasteiger partial charge is 0.230 e.